The maximum Gasteiger partial charge on any atom is 0.173 e. The number of halogens is 2. The maximum atomic E-state index is 14.0. The normalized spacial score (nSPS) is 14.6. The molecule has 0 saturated carbocycles. The molecule has 0 unspecified atom stereocenters. The minimum Gasteiger partial charge on any atom is -0.346 e. The van der Waals surface area contributed by atoms with Gasteiger partial charge in [0.25, 0.3) is 0 Å². The van der Waals surface area contributed by atoms with Gasteiger partial charge in [-0.3, -0.25) is 9.58 Å². The highest BCUT2D eigenvalue weighted by atomic mass is 32.1. The quantitative estimate of drug-likeness (QED) is 0.579. The van der Waals surface area contributed by atoms with Crippen LogP contribution in [0.2, 0.25) is 0 Å². The van der Waals surface area contributed by atoms with Crippen molar-refractivity contribution in [3.05, 3.63) is 82.7 Å². The summed E-state index contributed by atoms with van der Waals surface area (Å²) in [4.78, 5) is 4.23. The van der Waals surface area contributed by atoms with Gasteiger partial charge in [0.1, 0.15) is 0 Å². The van der Waals surface area contributed by atoms with Crippen molar-refractivity contribution in [1.82, 2.24) is 19.6 Å². The van der Waals surface area contributed by atoms with Crippen LogP contribution >= 0.6 is 12.2 Å². The van der Waals surface area contributed by atoms with Crippen LogP contribution in [-0.2, 0) is 13.1 Å². The van der Waals surface area contributed by atoms with Gasteiger partial charge in [0, 0.05) is 38.3 Å². The van der Waals surface area contributed by atoms with Crippen molar-refractivity contribution in [1.29, 1.82) is 0 Å². The number of aryl methyl sites for hydroxylation is 1. The Hall–Kier alpha value is -2.84. The summed E-state index contributed by atoms with van der Waals surface area (Å²) >= 11 is 5.67. The second-order valence-corrected chi connectivity index (χ2v) is 8.48. The number of nitrogens with zero attached hydrogens (tertiary/aromatic N) is 4. The predicted molar refractivity (Wildman–Crippen MR) is 127 cm³/mol. The van der Waals surface area contributed by atoms with Crippen molar-refractivity contribution in [2.75, 3.05) is 31.5 Å². The van der Waals surface area contributed by atoms with E-state index in [-0.39, 0.29) is 0 Å². The van der Waals surface area contributed by atoms with Crippen LogP contribution in [0.1, 0.15) is 22.5 Å². The fourth-order valence-electron chi connectivity index (χ4n) is 3.99. The molecule has 1 aliphatic rings. The number of aromatic nitrogens is 2. The Labute approximate surface area is 192 Å². The predicted octanol–water partition coefficient (Wildman–Crippen LogP) is 4.34. The summed E-state index contributed by atoms with van der Waals surface area (Å²) in [5, 5.41) is 8.72. The Morgan fingerprint density at radius 2 is 1.69 bits per heavy atom. The Kier molecular flexibility index (Phi) is 6.81. The largest absolute Gasteiger partial charge is 0.346 e. The van der Waals surface area contributed by atoms with Crippen LogP contribution < -0.4 is 5.32 Å². The number of anilines is 1. The molecule has 8 heteroatoms. The first-order chi connectivity index (χ1) is 15.4. The van der Waals surface area contributed by atoms with Gasteiger partial charge in [-0.15, -0.1) is 0 Å². The molecule has 1 fully saturated rings. The summed E-state index contributed by atoms with van der Waals surface area (Å²) in [6, 6.07) is 14.6. The van der Waals surface area contributed by atoms with E-state index < -0.39 is 11.6 Å². The first-order valence-electron chi connectivity index (χ1n) is 10.7. The SMILES string of the molecule is Cc1nn(Cc2ccccc2)c(C)c1NC(=S)N1CCN(Cc2cccc(F)c2F)CC1. The van der Waals surface area contributed by atoms with E-state index in [9.17, 15) is 8.78 Å². The number of piperazine rings is 1. The van der Waals surface area contributed by atoms with Crippen LogP contribution in [0, 0.1) is 25.5 Å². The number of hydrogen-bond acceptors (Lipinski definition) is 3. The minimum atomic E-state index is -0.801. The molecule has 0 bridgehead atoms. The molecular weight excluding hydrogens is 428 g/mol. The van der Waals surface area contributed by atoms with E-state index in [0.29, 0.717) is 23.8 Å². The molecule has 1 saturated heterocycles. The van der Waals surface area contributed by atoms with Gasteiger partial charge in [-0.25, -0.2) is 8.78 Å². The maximum absolute atomic E-state index is 14.0. The summed E-state index contributed by atoms with van der Waals surface area (Å²) in [7, 11) is 0. The molecule has 0 aliphatic carbocycles. The highest BCUT2D eigenvalue weighted by Crippen LogP contribution is 2.22. The monoisotopic (exact) mass is 455 g/mol. The lowest BCUT2D eigenvalue weighted by atomic mass is 10.1. The van der Waals surface area contributed by atoms with E-state index in [4.69, 9.17) is 12.2 Å². The van der Waals surface area contributed by atoms with Crippen LogP contribution in [-0.4, -0.2) is 50.9 Å². The third kappa shape index (κ3) is 4.97. The zero-order chi connectivity index (χ0) is 22.7. The summed E-state index contributed by atoms with van der Waals surface area (Å²) in [6.45, 7) is 8.01. The van der Waals surface area contributed by atoms with Gasteiger partial charge in [0.2, 0.25) is 0 Å². The molecule has 0 atom stereocenters. The molecule has 1 aromatic heterocycles. The van der Waals surface area contributed by atoms with Gasteiger partial charge < -0.3 is 10.2 Å². The van der Waals surface area contributed by atoms with Crippen LogP contribution in [0.3, 0.4) is 0 Å². The zero-order valence-electron chi connectivity index (χ0n) is 18.3. The Morgan fingerprint density at radius 1 is 0.969 bits per heavy atom. The van der Waals surface area contributed by atoms with Crippen molar-refractivity contribution in [2.24, 2.45) is 0 Å². The average molecular weight is 456 g/mol. The van der Waals surface area contributed by atoms with Crippen LogP contribution in [0.4, 0.5) is 14.5 Å². The van der Waals surface area contributed by atoms with Crippen molar-refractivity contribution in [3.63, 3.8) is 0 Å². The molecule has 5 nitrogen and oxygen atoms in total. The standard InChI is InChI=1S/C24H27F2N5S/c1-17-23(18(2)31(28-17)15-19-7-4-3-5-8-19)27-24(32)30-13-11-29(12-14-30)16-20-9-6-10-21(25)22(20)26/h3-10H,11-16H2,1-2H3,(H,27,32). The molecule has 168 valence electrons. The first kappa shape index (κ1) is 22.4. The van der Waals surface area contributed by atoms with Gasteiger partial charge in [0.05, 0.1) is 23.6 Å². The van der Waals surface area contributed by atoms with Gasteiger partial charge >= 0.3 is 0 Å². The highest BCUT2D eigenvalue weighted by Gasteiger charge is 2.22. The lowest BCUT2D eigenvalue weighted by molar-refractivity contribution is 0.175. The third-order valence-electron chi connectivity index (χ3n) is 5.87. The van der Waals surface area contributed by atoms with E-state index >= 15 is 0 Å². The minimum absolute atomic E-state index is 0.385. The molecule has 0 radical (unpaired) electrons. The molecular formula is C24H27F2N5S. The lowest BCUT2D eigenvalue weighted by Crippen LogP contribution is -2.49. The molecule has 1 N–H and O–H groups in total. The summed E-state index contributed by atoms with van der Waals surface area (Å²) in [5.74, 6) is -1.56. The van der Waals surface area contributed by atoms with Crippen molar-refractivity contribution in [2.45, 2.75) is 26.9 Å². The Balaban J connectivity index is 1.34. The van der Waals surface area contributed by atoms with E-state index in [2.05, 4.69) is 32.3 Å². The first-order valence-corrected chi connectivity index (χ1v) is 11.1. The molecule has 0 amide bonds. The second-order valence-electron chi connectivity index (χ2n) is 8.10. The lowest BCUT2D eigenvalue weighted by Gasteiger charge is -2.36. The average Bonchev–Trinajstić information content (AvgIpc) is 3.05. The summed E-state index contributed by atoms with van der Waals surface area (Å²) in [6.07, 6.45) is 0. The summed E-state index contributed by atoms with van der Waals surface area (Å²) < 4.78 is 29.4. The molecule has 3 aromatic rings. The van der Waals surface area contributed by atoms with E-state index in [1.165, 1.54) is 5.56 Å². The third-order valence-corrected chi connectivity index (χ3v) is 6.23. The van der Waals surface area contributed by atoms with E-state index in [1.54, 1.807) is 12.1 Å². The Morgan fingerprint density at radius 3 is 2.41 bits per heavy atom. The van der Waals surface area contributed by atoms with Crippen LogP contribution in [0.25, 0.3) is 0 Å². The fraction of sp³-hybridized carbons (Fsp3) is 0.333. The topological polar surface area (TPSA) is 36.3 Å². The van der Waals surface area contributed by atoms with Gasteiger partial charge in [-0.2, -0.15) is 5.10 Å². The molecule has 2 heterocycles. The van der Waals surface area contributed by atoms with Crippen molar-refractivity contribution < 1.29 is 8.78 Å². The van der Waals surface area contributed by atoms with Crippen molar-refractivity contribution in [3.8, 4) is 0 Å². The fourth-order valence-corrected chi connectivity index (χ4v) is 4.28. The molecule has 2 aromatic carbocycles. The van der Waals surface area contributed by atoms with Gasteiger partial charge in [-0.1, -0.05) is 42.5 Å². The number of benzene rings is 2. The number of hydrogen-bond donors (Lipinski definition) is 1. The van der Waals surface area contributed by atoms with E-state index in [1.807, 2.05) is 36.7 Å². The van der Waals surface area contributed by atoms with Crippen molar-refractivity contribution >= 4 is 23.0 Å². The Bertz CT molecular complexity index is 1090. The van der Waals surface area contributed by atoms with Gasteiger partial charge in [-0.05, 0) is 37.7 Å². The molecule has 32 heavy (non-hydrogen) atoms. The number of rotatable bonds is 5. The molecule has 4 rings (SSSR count). The smallest absolute Gasteiger partial charge is 0.173 e. The van der Waals surface area contributed by atoms with E-state index in [0.717, 1.165) is 49.3 Å². The number of thiocarbonyl (C=S) groups is 1. The van der Waals surface area contributed by atoms with Gasteiger partial charge in [0.15, 0.2) is 16.7 Å². The summed E-state index contributed by atoms with van der Waals surface area (Å²) in [5.41, 5.74) is 4.46. The molecule has 1 aliphatic heterocycles. The molecule has 0 spiro atoms. The number of nitrogens with one attached hydrogen (secondary N) is 1. The zero-order valence-corrected chi connectivity index (χ0v) is 19.1. The van der Waals surface area contributed by atoms with Crippen LogP contribution in [0.5, 0.6) is 0 Å². The highest BCUT2D eigenvalue weighted by molar-refractivity contribution is 7.80. The van der Waals surface area contributed by atoms with Crippen LogP contribution in [0.15, 0.2) is 48.5 Å². The second kappa shape index (κ2) is 9.75.